The number of hydrogen-bond acceptors (Lipinski definition) is 4. The quantitative estimate of drug-likeness (QED) is 0.434. The highest BCUT2D eigenvalue weighted by atomic mass is 16.2. The van der Waals surface area contributed by atoms with Crippen molar-refractivity contribution >= 4 is 16.8 Å². The van der Waals surface area contributed by atoms with Gasteiger partial charge >= 0.3 is 0 Å². The highest BCUT2D eigenvalue weighted by Crippen LogP contribution is 2.22. The van der Waals surface area contributed by atoms with Gasteiger partial charge in [-0.05, 0) is 36.7 Å². The molecular weight excluding hydrogens is 412 g/mol. The molecule has 2 N–H and O–H groups in total. The van der Waals surface area contributed by atoms with Crippen LogP contribution in [-0.2, 0) is 11.3 Å². The van der Waals surface area contributed by atoms with Crippen molar-refractivity contribution in [1.29, 1.82) is 0 Å². The molecule has 0 unspecified atom stereocenters. The van der Waals surface area contributed by atoms with E-state index in [2.05, 4.69) is 15.3 Å². The standard InChI is InChI=1S/C27H28N4O2/c1-3-31(18-24-28-23-17-11-10-16-22(23)27(33)29-24)19(2)26(32)30-25(20-12-6-4-7-13-20)21-14-8-5-9-15-21/h4-17,19,25H,3,18H2,1-2H3,(H,30,32)(H,28,29,33)/t19-/m0/s1. The van der Waals surface area contributed by atoms with Crippen LogP contribution in [0.3, 0.4) is 0 Å². The average molecular weight is 441 g/mol. The number of nitrogens with zero attached hydrogens (tertiary/aromatic N) is 2. The van der Waals surface area contributed by atoms with Crippen molar-refractivity contribution in [3.63, 3.8) is 0 Å². The molecule has 0 aliphatic heterocycles. The summed E-state index contributed by atoms with van der Waals surface area (Å²) in [4.78, 5) is 35.2. The van der Waals surface area contributed by atoms with Crippen LogP contribution in [0.2, 0.25) is 0 Å². The van der Waals surface area contributed by atoms with Crippen LogP contribution in [0.15, 0.2) is 89.7 Å². The third-order valence-corrected chi connectivity index (χ3v) is 5.90. The number of para-hydroxylation sites is 1. The molecule has 1 aromatic heterocycles. The fourth-order valence-corrected chi connectivity index (χ4v) is 4.00. The first kappa shape index (κ1) is 22.4. The second-order valence-corrected chi connectivity index (χ2v) is 8.03. The van der Waals surface area contributed by atoms with Crippen molar-refractivity contribution in [2.75, 3.05) is 6.54 Å². The number of likely N-dealkylation sites (N-methyl/N-ethyl adjacent to an activating group) is 1. The molecule has 0 aliphatic carbocycles. The van der Waals surface area contributed by atoms with Gasteiger partial charge in [-0.3, -0.25) is 14.5 Å². The van der Waals surface area contributed by atoms with Gasteiger partial charge < -0.3 is 10.3 Å². The molecule has 0 radical (unpaired) electrons. The van der Waals surface area contributed by atoms with E-state index < -0.39 is 6.04 Å². The summed E-state index contributed by atoms with van der Waals surface area (Å²) in [6.07, 6.45) is 0. The van der Waals surface area contributed by atoms with Gasteiger partial charge in [0.25, 0.3) is 5.56 Å². The number of carbonyl (C=O) groups is 1. The zero-order chi connectivity index (χ0) is 23.2. The van der Waals surface area contributed by atoms with Gasteiger partial charge in [-0.1, -0.05) is 79.7 Å². The van der Waals surface area contributed by atoms with E-state index >= 15 is 0 Å². The van der Waals surface area contributed by atoms with Crippen molar-refractivity contribution in [3.05, 3.63) is 112 Å². The Morgan fingerprint density at radius 3 is 2.12 bits per heavy atom. The summed E-state index contributed by atoms with van der Waals surface area (Å²) in [7, 11) is 0. The third-order valence-electron chi connectivity index (χ3n) is 5.90. The van der Waals surface area contributed by atoms with Gasteiger partial charge in [-0.25, -0.2) is 4.98 Å². The van der Waals surface area contributed by atoms with Crippen molar-refractivity contribution in [3.8, 4) is 0 Å². The molecule has 1 amide bonds. The number of nitrogens with one attached hydrogen (secondary N) is 2. The van der Waals surface area contributed by atoms with Gasteiger partial charge in [0.15, 0.2) is 0 Å². The Labute approximate surface area is 193 Å². The maximum Gasteiger partial charge on any atom is 0.258 e. The lowest BCUT2D eigenvalue weighted by atomic mass is 9.98. The molecular formula is C27H28N4O2. The van der Waals surface area contributed by atoms with Crippen LogP contribution in [0.1, 0.15) is 36.8 Å². The molecule has 6 heteroatoms. The van der Waals surface area contributed by atoms with Gasteiger partial charge in [0, 0.05) is 0 Å². The van der Waals surface area contributed by atoms with Crippen LogP contribution in [-0.4, -0.2) is 33.4 Å². The monoisotopic (exact) mass is 440 g/mol. The fraction of sp³-hybridized carbons (Fsp3) is 0.222. The molecule has 0 saturated carbocycles. The predicted molar refractivity (Wildman–Crippen MR) is 131 cm³/mol. The maximum atomic E-state index is 13.3. The number of hydrogen-bond donors (Lipinski definition) is 2. The Morgan fingerprint density at radius 2 is 1.52 bits per heavy atom. The number of amides is 1. The largest absolute Gasteiger partial charge is 0.344 e. The van der Waals surface area contributed by atoms with E-state index in [-0.39, 0.29) is 17.5 Å². The van der Waals surface area contributed by atoms with E-state index in [0.29, 0.717) is 29.8 Å². The normalized spacial score (nSPS) is 12.2. The number of aromatic amines is 1. The van der Waals surface area contributed by atoms with Gasteiger partial charge in [0.05, 0.1) is 29.5 Å². The molecule has 1 atom stereocenters. The first-order valence-electron chi connectivity index (χ1n) is 11.2. The number of rotatable bonds is 8. The SMILES string of the molecule is CCN(Cc1nc2ccccc2c(=O)[nH]1)[C@@H](C)C(=O)NC(c1ccccc1)c1ccccc1. The number of H-pyrrole nitrogens is 1. The number of benzene rings is 3. The molecule has 0 aliphatic rings. The zero-order valence-electron chi connectivity index (χ0n) is 18.9. The Hall–Kier alpha value is -3.77. The van der Waals surface area contributed by atoms with Crippen molar-refractivity contribution in [2.45, 2.75) is 32.5 Å². The number of aromatic nitrogens is 2. The summed E-state index contributed by atoms with van der Waals surface area (Å²) >= 11 is 0. The smallest absolute Gasteiger partial charge is 0.258 e. The summed E-state index contributed by atoms with van der Waals surface area (Å²) in [6, 6.07) is 26.5. The second-order valence-electron chi connectivity index (χ2n) is 8.03. The lowest BCUT2D eigenvalue weighted by molar-refractivity contribution is -0.126. The molecule has 0 spiro atoms. The Kier molecular flexibility index (Phi) is 6.95. The minimum Gasteiger partial charge on any atom is -0.344 e. The zero-order valence-corrected chi connectivity index (χ0v) is 18.9. The maximum absolute atomic E-state index is 13.3. The second kappa shape index (κ2) is 10.2. The third kappa shape index (κ3) is 5.18. The van der Waals surface area contributed by atoms with E-state index in [1.54, 1.807) is 6.07 Å². The summed E-state index contributed by atoms with van der Waals surface area (Å²) < 4.78 is 0. The van der Waals surface area contributed by atoms with Gasteiger partial charge in [0.2, 0.25) is 5.91 Å². The Morgan fingerprint density at radius 1 is 0.939 bits per heavy atom. The van der Waals surface area contributed by atoms with Crippen LogP contribution in [0.25, 0.3) is 10.9 Å². The molecule has 168 valence electrons. The van der Waals surface area contributed by atoms with E-state index in [1.165, 1.54) is 0 Å². The fourth-order valence-electron chi connectivity index (χ4n) is 4.00. The molecule has 4 rings (SSSR count). The highest BCUT2D eigenvalue weighted by Gasteiger charge is 2.25. The van der Waals surface area contributed by atoms with E-state index in [0.717, 1.165) is 11.1 Å². The molecule has 0 bridgehead atoms. The summed E-state index contributed by atoms with van der Waals surface area (Å²) in [5, 5.41) is 3.78. The minimum atomic E-state index is -0.415. The molecule has 1 heterocycles. The lowest BCUT2D eigenvalue weighted by Crippen LogP contribution is -2.46. The van der Waals surface area contributed by atoms with Crippen molar-refractivity contribution in [1.82, 2.24) is 20.2 Å². The van der Waals surface area contributed by atoms with Gasteiger partial charge in [-0.15, -0.1) is 0 Å². The Bertz CT molecular complexity index is 1230. The minimum absolute atomic E-state index is 0.0855. The van der Waals surface area contributed by atoms with Crippen molar-refractivity contribution < 1.29 is 4.79 Å². The molecule has 33 heavy (non-hydrogen) atoms. The topological polar surface area (TPSA) is 78.1 Å². The number of carbonyl (C=O) groups excluding carboxylic acids is 1. The highest BCUT2D eigenvalue weighted by molar-refractivity contribution is 5.82. The van der Waals surface area contributed by atoms with E-state index in [4.69, 9.17) is 0 Å². The molecule has 0 fully saturated rings. The molecule has 0 saturated heterocycles. The summed E-state index contributed by atoms with van der Waals surface area (Å²) in [5.41, 5.74) is 2.52. The van der Waals surface area contributed by atoms with Crippen LogP contribution in [0, 0.1) is 0 Å². The first-order valence-corrected chi connectivity index (χ1v) is 11.2. The predicted octanol–water partition coefficient (Wildman–Crippen LogP) is 4.04. The molecule has 6 nitrogen and oxygen atoms in total. The van der Waals surface area contributed by atoms with Crippen molar-refractivity contribution in [2.24, 2.45) is 0 Å². The lowest BCUT2D eigenvalue weighted by Gasteiger charge is -2.29. The molecule has 4 aromatic rings. The van der Waals surface area contributed by atoms with Crippen LogP contribution >= 0.6 is 0 Å². The van der Waals surface area contributed by atoms with Gasteiger partial charge in [0.1, 0.15) is 5.82 Å². The molecule has 3 aromatic carbocycles. The summed E-state index contributed by atoms with van der Waals surface area (Å²) in [6.45, 7) is 4.87. The van der Waals surface area contributed by atoms with Gasteiger partial charge in [-0.2, -0.15) is 0 Å². The van der Waals surface area contributed by atoms with Crippen LogP contribution in [0.5, 0.6) is 0 Å². The van der Waals surface area contributed by atoms with Crippen LogP contribution in [0.4, 0.5) is 0 Å². The first-order chi connectivity index (χ1) is 16.1. The van der Waals surface area contributed by atoms with Crippen LogP contribution < -0.4 is 10.9 Å². The number of fused-ring (bicyclic) bond motifs is 1. The van der Waals surface area contributed by atoms with E-state index in [1.807, 2.05) is 97.6 Å². The Balaban J connectivity index is 1.54. The van der Waals surface area contributed by atoms with E-state index in [9.17, 15) is 9.59 Å². The summed E-state index contributed by atoms with van der Waals surface area (Å²) in [5.74, 6) is 0.459. The average Bonchev–Trinajstić information content (AvgIpc) is 2.86.